The first-order valence-electron chi connectivity index (χ1n) is 4.27. The van der Waals surface area contributed by atoms with Gasteiger partial charge in [0.05, 0.1) is 18.9 Å². The molecule has 0 unspecified atom stereocenters. The minimum absolute atomic E-state index is 0. The molecule has 0 radical (unpaired) electrons. The van der Waals surface area contributed by atoms with Crippen LogP contribution in [-0.4, -0.2) is 12.3 Å². The fraction of sp³-hybridized carbons (Fsp3) is 0.100. The van der Waals surface area contributed by atoms with Crippen molar-refractivity contribution in [3.63, 3.8) is 0 Å². The van der Waals surface area contributed by atoms with Gasteiger partial charge in [0.25, 0.3) is 0 Å². The van der Waals surface area contributed by atoms with Crippen molar-refractivity contribution < 1.29 is 13.7 Å². The Hall–Kier alpha value is -1.56. The summed E-state index contributed by atoms with van der Waals surface area (Å²) >= 11 is 0. The Morgan fingerprint density at radius 3 is 2.69 bits per heavy atom. The molecule has 0 atom stereocenters. The first kappa shape index (κ1) is 12.5. The van der Waals surface area contributed by atoms with E-state index < -0.39 is 5.82 Å². The van der Waals surface area contributed by atoms with E-state index in [0.29, 0.717) is 11.1 Å². The van der Waals surface area contributed by atoms with Crippen molar-refractivity contribution in [3.05, 3.63) is 30.2 Å². The van der Waals surface area contributed by atoms with Crippen molar-refractivity contribution in [2.45, 2.75) is 0 Å². The molecular formula is C10H10BrFN2O2. The molecule has 1 aromatic heterocycles. The highest BCUT2D eigenvalue weighted by atomic mass is 79.9. The van der Waals surface area contributed by atoms with Crippen LogP contribution in [0.5, 0.6) is 5.75 Å². The van der Waals surface area contributed by atoms with E-state index in [0.717, 1.165) is 0 Å². The number of aromatic nitrogens is 1. The molecule has 4 nitrogen and oxygen atoms in total. The molecule has 1 heterocycles. The third-order valence-electron chi connectivity index (χ3n) is 2.06. The molecule has 0 aliphatic rings. The zero-order valence-electron chi connectivity index (χ0n) is 8.44. The summed E-state index contributed by atoms with van der Waals surface area (Å²) in [4.78, 5) is 0. The van der Waals surface area contributed by atoms with Crippen LogP contribution in [0.2, 0.25) is 0 Å². The van der Waals surface area contributed by atoms with Crippen LogP contribution < -0.4 is 10.5 Å². The Morgan fingerprint density at radius 1 is 1.38 bits per heavy atom. The maximum absolute atomic E-state index is 13.4. The first-order valence-corrected chi connectivity index (χ1v) is 4.27. The summed E-state index contributed by atoms with van der Waals surface area (Å²) in [5, 5.41) is 3.53. The monoisotopic (exact) mass is 288 g/mol. The van der Waals surface area contributed by atoms with Crippen LogP contribution in [0, 0.1) is 5.82 Å². The summed E-state index contributed by atoms with van der Waals surface area (Å²) in [5.41, 5.74) is 6.58. The zero-order chi connectivity index (χ0) is 10.8. The summed E-state index contributed by atoms with van der Waals surface area (Å²) in [5.74, 6) is -0.179. The van der Waals surface area contributed by atoms with E-state index >= 15 is 0 Å². The number of methoxy groups -OCH3 is 1. The summed E-state index contributed by atoms with van der Waals surface area (Å²) < 4.78 is 23.0. The lowest BCUT2D eigenvalue weighted by molar-refractivity contribution is 0.388. The van der Waals surface area contributed by atoms with Gasteiger partial charge in [-0.15, -0.1) is 17.0 Å². The zero-order valence-corrected chi connectivity index (χ0v) is 10.1. The number of ether oxygens (including phenoxy) is 1. The molecule has 0 fully saturated rings. The molecule has 0 saturated heterocycles. The van der Waals surface area contributed by atoms with Crippen LogP contribution in [0.4, 0.5) is 10.3 Å². The molecule has 86 valence electrons. The lowest BCUT2D eigenvalue weighted by Crippen LogP contribution is -1.93. The number of hydrogen-bond acceptors (Lipinski definition) is 4. The second kappa shape index (κ2) is 4.98. The highest BCUT2D eigenvalue weighted by molar-refractivity contribution is 8.93. The molecule has 6 heteroatoms. The standard InChI is InChI=1S/C10H9FN2O2.BrH/c1-14-9-6(3-2-4-8(9)11)7-5-13-15-10(7)12;/h2-5H,12H2,1H3;1H. The topological polar surface area (TPSA) is 61.3 Å². The molecule has 0 bridgehead atoms. The van der Waals surface area contributed by atoms with Crippen LogP contribution in [0.15, 0.2) is 28.9 Å². The van der Waals surface area contributed by atoms with Gasteiger partial charge in [-0.2, -0.15) is 0 Å². The molecule has 0 aliphatic heterocycles. The molecule has 2 N–H and O–H groups in total. The summed E-state index contributed by atoms with van der Waals surface area (Å²) in [6.07, 6.45) is 1.42. The molecule has 0 spiro atoms. The number of para-hydroxylation sites is 1. The Labute approximate surface area is 102 Å². The Balaban J connectivity index is 0.00000128. The van der Waals surface area contributed by atoms with Gasteiger partial charge < -0.3 is 15.0 Å². The van der Waals surface area contributed by atoms with E-state index in [4.69, 9.17) is 15.0 Å². The van der Waals surface area contributed by atoms with E-state index in [1.165, 1.54) is 19.4 Å². The van der Waals surface area contributed by atoms with E-state index in [9.17, 15) is 4.39 Å². The average molecular weight is 289 g/mol. The second-order valence-electron chi connectivity index (χ2n) is 2.92. The van der Waals surface area contributed by atoms with Gasteiger partial charge in [0.1, 0.15) is 0 Å². The van der Waals surface area contributed by atoms with Crippen molar-refractivity contribution in [2.75, 3.05) is 12.8 Å². The van der Waals surface area contributed by atoms with E-state index in [-0.39, 0.29) is 28.6 Å². The van der Waals surface area contributed by atoms with E-state index in [2.05, 4.69) is 5.16 Å². The van der Waals surface area contributed by atoms with Crippen molar-refractivity contribution in [3.8, 4) is 16.9 Å². The van der Waals surface area contributed by atoms with Gasteiger partial charge >= 0.3 is 0 Å². The molecular weight excluding hydrogens is 279 g/mol. The predicted molar refractivity (Wildman–Crippen MR) is 63.2 cm³/mol. The van der Waals surface area contributed by atoms with Crippen LogP contribution in [0.1, 0.15) is 0 Å². The molecule has 16 heavy (non-hydrogen) atoms. The third-order valence-corrected chi connectivity index (χ3v) is 2.06. The minimum Gasteiger partial charge on any atom is -0.493 e. The highest BCUT2D eigenvalue weighted by Crippen LogP contribution is 2.34. The van der Waals surface area contributed by atoms with Gasteiger partial charge in [0.15, 0.2) is 11.6 Å². The van der Waals surface area contributed by atoms with Crippen molar-refractivity contribution in [1.82, 2.24) is 5.16 Å². The molecule has 0 amide bonds. The van der Waals surface area contributed by atoms with Gasteiger partial charge in [-0.25, -0.2) is 4.39 Å². The number of rotatable bonds is 2. The maximum Gasteiger partial charge on any atom is 0.230 e. The fourth-order valence-corrected chi connectivity index (χ4v) is 1.38. The number of halogens is 2. The van der Waals surface area contributed by atoms with Crippen LogP contribution in [-0.2, 0) is 0 Å². The lowest BCUT2D eigenvalue weighted by Gasteiger charge is -2.07. The number of anilines is 1. The smallest absolute Gasteiger partial charge is 0.230 e. The summed E-state index contributed by atoms with van der Waals surface area (Å²) in [6.45, 7) is 0. The number of nitrogens with zero attached hydrogens (tertiary/aromatic N) is 1. The minimum atomic E-state index is -0.449. The number of nitrogen functional groups attached to an aromatic ring is 1. The van der Waals surface area contributed by atoms with Gasteiger partial charge in [-0.1, -0.05) is 17.3 Å². The maximum atomic E-state index is 13.4. The largest absolute Gasteiger partial charge is 0.493 e. The van der Waals surface area contributed by atoms with Crippen LogP contribution in [0.3, 0.4) is 0 Å². The molecule has 2 rings (SSSR count). The van der Waals surface area contributed by atoms with Crippen molar-refractivity contribution >= 4 is 22.9 Å². The molecule has 0 saturated carbocycles. The van der Waals surface area contributed by atoms with Crippen LogP contribution in [0.25, 0.3) is 11.1 Å². The Kier molecular flexibility index (Phi) is 3.89. The number of hydrogen-bond donors (Lipinski definition) is 1. The predicted octanol–water partition coefficient (Wildman–Crippen LogP) is 2.65. The van der Waals surface area contributed by atoms with Crippen molar-refractivity contribution in [2.24, 2.45) is 0 Å². The van der Waals surface area contributed by atoms with E-state index in [1.54, 1.807) is 12.1 Å². The summed E-state index contributed by atoms with van der Waals surface area (Å²) in [7, 11) is 1.39. The van der Waals surface area contributed by atoms with Gasteiger partial charge in [-0.3, -0.25) is 0 Å². The van der Waals surface area contributed by atoms with Crippen LogP contribution >= 0.6 is 17.0 Å². The quantitative estimate of drug-likeness (QED) is 0.923. The fourth-order valence-electron chi connectivity index (χ4n) is 1.38. The van der Waals surface area contributed by atoms with E-state index in [1.807, 2.05) is 0 Å². The SMILES string of the molecule is Br.COc1c(F)cccc1-c1cnoc1N. The van der Waals surface area contributed by atoms with Gasteiger partial charge in [-0.05, 0) is 6.07 Å². The average Bonchev–Trinajstić information content (AvgIpc) is 2.64. The molecule has 0 aliphatic carbocycles. The number of benzene rings is 1. The first-order chi connectivity index (χ1) is 7.24. The summed E-state index contributed by atoms with van der Waals surface area (Å²) in [6, 6.07) is 4.57. The normalized spacial score (nSPS) is 9.62. The van der Waals surface area contributed by atoms with Crippen molar-refractivity contribution in [1.29, 1.82) is 0 Å². The van der Waals surface area contributed by atoms with Gasteiger partial charge in [0.2, 0.25) is 5.88 Å². The lowest BCUT2D eigenvalue weighted by atomic mass is 10.1. The molecule has 2 aromatic rings. The Bertz CT molecular complexity index is 487. The number of nitrogens with two attached hydrogens (primary N) is 1. The van der Waals surface area contributed by atoms with Gasteiger partial charge in [0, 0.05) is 5.56 Å². The highest BCUT2D eigenvalue weighted by Gasteiger charge is 2.15. The Morgan fingerprint density at radius 2 is 2.12 bits per heavy atom. The molecule has 1 aromatic carbocycles. The second-order valence-corrected chi connectivity index (χ2v) is 2.92. The third kappa shape index (κ3) is 2.01.